The second-order valence-electron chi connectivity index (χ2n) is 4.71. The molecule has 1 saturated carbocycles. The number of nitrogens with one attached hydrogen (secondary N) is 1. The molecule has 2 nitrogen and oxygen atoms in total. The van der Waals surface area contributed by atoms with Gasteiger partial charge in [-0.15, -0.1) is 0 Å². The molecule has 1 fully saturated rings. The topological polar surface area (TPSA) is 21.3 Å². The van der Waals surface area contributed by atoms with Crippen molar-refractivity contribution in [2.24, 2.45) is 0 Å². The predicted octanol–water partition coefficient (Wildman–Crippen LogP) is 3.78. The second kappa shape index (κ2) is 6.95. The molecule has 1 aliphatic rings. The Morgan fingerprint density at radius 3 is 2.83 bits per heavy atom. The molecule has 0 aromatic heterocycles. The number of rotatable bonds is 6. The lowest BCUT2D eigenvalue weighted by Gasteiger charge is -2.12. The van der Waals surface area contributed by atoms with Gasteiger partial charge in [-0.2, -0.15) is 0 Å². The van der Waals surface area contributed by atoms with Crippen LogP contribution in [0.2, 0.25) is 5.02 Å². The van der Waals surface area contributed by atoms with Crippen LogP contribution in [0.1, 0.15) is 32.1 Å². The Kier molecular flexibility index (Phi) is 5.26. The van der Waals surface area contributed by atoms with E-state index in [9.17, 15) is 4.39 Å². The SMILES string of the molecule is Fc1ccc(OCCCNC2CCCC2)c(Cl)c1. The van der Waals surface area contributed by atoms with Gasteiger partial charge in [0.1, 0.15) is 11.6 Å². The van der Waals surface area contributed by atoms with Crippen LogP contribution in [0.15, 0.2) is 18.2 Å². The molecule has 0 atom stereocenters. The van der Waals surface area contributed by atoms with Gasteiger partial charge >= 0.3 is 0 Å². The molecule has 1 aromatic carbocycles. The lowest BCUT2D eigenvalue weighted by atomic mass is 10.2. The standard InChI is InChI=1S/C14H19ClFNO/c15-13-10-11(16)6-7-14(13)18-9-3-8-17-12-4-1-2-5-12/h6-7,10,12,17H,1-5,8-9H2. The van der Waals surface area contributed by atoms with Gasteiger partial charge in [0.05, 0.1) is 11.6 Å². The van der Waals surface area contributed by atoms with Crippen LogP contribution in [0.5, 0.6) is 5.75 Å². The number of hydrogen-bond donors (Lipinski definition) is 1. The van der Waals surface area contributed by atoms with Crippen molar-refractivity contribution >= 4 is 11.6 Å². The average Bonchev–Trinajstić information content (AvgIpc) is 2.84. The van der Waals surface area contributed by atoms with Crippen molar-refractivity contribution in [3.63, 3.8) is 0 Å². The lowest BCUT2D eigenvalue weighted by Crippen LogP contribution is -2.27. The minimum Gasteiger partial charge on any atom is -0.492 e. The molecule has 1 N–H and O–H groups in total. The van der Waals surface area contributed by atoms with Crippen LogP contribution in [0, 0.1) is 5.82 Å². The van der Waals surface area contributed by atoms with Crippen LogP contribution in [0.3, 0.4) is 0 Å². The van der Waals surface area contributed by atoms with Gasteiger partial charge in [0.2, 0.25) is 0 Å². The van der Waals surface area contributed by atoms with Crippen molar-refractivity contribution in [3.8, 4) is 5.75 Å². The van der Waals surface area contributed by atoms with E-state index in [1.807, 2.05) is 0 Å². The molecule has 0 saturated heterocycles. The van der Waals surface area contributed by atoms with E-state index in [1.165, 1.54) is 37.8 Å². The molecule has 0 amide bonds. The summed E-state index contributed by atoms with van der Waals surface area (Å²) < 4.78 is 18.3. The molecule has 0 unspecified atom stereocenters. The molecule has 2 rings (SSSR count). The third-order valence-corrected chi connectivity index (χ3v) is 3.56. The van der Waals surface area contributed by atoms with E-state index >= 15 is 0 Å². The summed E-state index contributed by atoms with van der Waals surface area (Å²) in [5, 5.41) is 3.85. The molecule has 0 aliphatic heterocycles. The fourth-order valence-corrected chi connectivity index (χ4v) is 2.50. The highest BCUT2D eigenvalue weighted by Crippen LogP contribution is 2.24. The molecule has 1 aliphatic carbocycles. The second-order valence-corrected chi connectivity index (χ2v) is 5.12. The van der Waals surface area contributed by atoms with Crippen LogP contribution < -0.4 is 10.1 Å². The van der Waals surface area contributed by atoms with Crippen LogP contribution in [-0.4, -0.2) is 19.2 Å². The molecule has 100 valence electrons. The van der Waals surface area contributed by atoms with Crippen LogP contribution in [0.25, 0.3) is 0 Å². The molecule has 0 spiro atoms. The number of hydrogen-bond acceptors (Lipinski definition) is 2. The van der Waals surface area contributed by atoms with E-state index in [0.717, 1.165) is 13.0 Å². The van der Waals surface area contributed by atoms with Gasteiger partial charge in [-0.1, -0.05) is 24.4 Å². The average molecular weight is 272 g/mol. The molecule has 0 heterocycles. The molecule has 0 radical (unpaired) electrons. The zero-order valence-corrected chi connectivity index (χ0v) is 11.2. The highest BCUT2D eigenvalue weighted by Gasteiger charge is 2.13. The highest BCUT2D eigenvalue weighted by atomic mass is 35.5. The first kappa shape index (κ1) is 13.6. The van der Waals surface area contributed by atoms with E-state index in [-0.39, 0.29) is 5.82 Å². The Labute approximate surface area is 112 Å². The molecule has 18 heavy (non-hydrogen) atoms. The van der Waals surface area contributed by atoms with Crippen molar-refractivity contribution < 1.29 is 9.13 Å². The van der Waals surface area contributed by atoms with E-state index in [4.69, 9.17) is 16.3 Å². The summed E-state index contributed by atoms with van der Waals surface area (Å²) in [6, 6.07) is 4.90. The number of ether oxygens (including phenoxy) is 1. The molecule has 4 heteroatoms. The summed E-state index contributed by atoms with van der Waals surface area (Å²) in [5.74, 6) is 0.217. The van der Waals surface area contributed by atoms with Crippen LogP contribution >= 0.6 is 11.6 Å². The van der Waals surface area contributed by atoms with Gasteiger partial charge in [0.25, 0.3) is 0 Å². The third kappa shape index (κ3) is 4.14. The maximum absolute atomic E-state index is 12.8. The minimum absolute atomic E-state index is 0.332. The van der Waals surface area contributed by atoms with Gasteiger partial charge in [0.15, 0.2) is 0 Å². The number of benzene rings is 1. The Hall–Kier alpha value is -0.800. The Balaban J connectivity index is 1.62. The van der Waals surface area contributed by atoms with Crippen molar-refractivity contribution in [2.75, 3.05) is 13.2 Å². The fourth-order valence-electron chi connectivity index (χ4n) is 2.28. The van der Waals surface area contributed by atoms with E-state index in [2.05, 4.69) is 5.32 Å². The van der Waals surface area contributed by atoms with E-state index in [0.29, 0.717) is 23.4 Å². The summed E-state index contributed by atoms with van der Waals surface area (Å²) in [4.78, 5) is 0. The first-order valence-electron chi connectivity index (χ1n) is 6.57. The third-order valence-electron chi connectivity index (χ3n) is 3.26. The zero-order chi connectivity index (χ0) is 12.8. The highest BCUT2D eigenvalue weighted by molar-refractivity contribution is 6.32. The van der Waals surface area contributed by atoms with Gasteiger partial charge in [-0.05, 0) is 44.0 Å². The van der Waals surface area contributed by atoms with Gasteiger partial charge in [-0.25, -0.2) is 4.39 Å². The van der Waals surface area contributed by atoms with Crippen molar-refractivity contribution in [1.29, 1.82) is 0 Å². The van der Waals surface area contributed by atoms with Gasteiger partial charge < -0.3 is 10.1 Å². The quantitative estimate of drug-likeness (QED) is 0.795. The summed E-state index contributed by atoms with van der Waals surface area (Å²) in [7, 11) is 0. The normalized spacial score (nSPS) is 16.1. The molecule has 1 aromatic rings. The molecular formula is C14H19ClFNO. The summed E-state index contributed by atoms with van der Waals surface area (Å²) in [6.07, 6.45) is 6.22. The Bertz CT molecular complexity index is 380. The predicted molar refractivity (Wildman–Crippen MR) is 71.8 cm³/mol. The lowest BCUT2D eigenvalue weighted by molar-refractivity contribution is 0.304. The number of halogens is 2. The maximum Gasteiger partial charge on any atom is 0.138 e. The van der Waals surface area contributed by atoms with Gasteiger partial charge in [0, 0.05) is 6.04 Å². The van der Waals surface area contributed by atoms with Crippen LogP contribution in [-0.2, 0) is 0 Å². The van der Waals surface area contributed by atoms with E-state index < -0.39 is 0 Å². The van der Waals surface area contributed by atoms with Crippen LogP contribution in [0.4, 0.5) is 4.39 Å². The molecule has 0 bridgehead atoms. The maximum atomic E-state index is 12.8. The Morgan fingerprint density at radius 1 is 1.33 bits per heavy atom. The Morgan fingerprint density at radius 2 is 2.11 bits per heavy atom. The summed E-state index contributed by atoms with van der Waals surface area (Å²) in [6.45, 7) is 1.56. The fraction of sp³-hybridized carbons (Fsp3) is 0.571. The summed E-state index contributed by atoms with van der Waals surface area (Å²) >= 11 is 5.87. The first-order valence-corrected chi connectivity index (χ1v) is 6.95. The van der Waals surface area contributed by atoms with Crippen molar-refractivity contribution in [2.45, 2.75) is 38.1 Å². The monoisotopic (exact) mass is 271 g/mol. The van der Waals surface area contributed by atoms with E-state index in [1.54, 1.807) is 6.07 Å². The van der Waals surface area contributed by atoms with Gasteiger partial charge in [-0.3, -0.25) is 0 Å². The van der Waals surface area contributed by atoms with Crippen molar-refractivity contribution in [3.05, 3.63) is 29.0 Å². The largest absolute Gasteiger partial charge is 0.492 e. The molecular weight excluding hydrogens is 253 g/mol. The smallest absolute Gasteiger partial charge is 0.138 e. The first-order chi connectivity index (χ1) is 8.75. The minimum atomic E-state index is -0.338. The summed E-state index contributed by atoms with van der Waals surface area (Å²) in [5.41, 5.74) is 0. The van der Waals surface area contributed by atoms with Crippen molar-refractivity contribution in [1.82, 2.24) is 5.32 Å². The zero-order valence-electron chi connectivity index (χ0n) is 10.4.